The van der Waals surface area contributed by atoms with Gasteiger partial charge in [-0.1, -0.05) is 20.3 Å². The molecule has 0 aromatic heterocycles. The van der Waals surface area contributed by atoms with Crippen LogP contribution in [0.25, 0.3) is 0 Å². The van der Waals surface area contributed by atoms with Crippen molar-refractivity contribution in [1.29, 1.82) is 0 Å². The van der Waals surface area contributed by atoms with Gasteiger partial charge in [0.1, 0.15) is 6.61 Å². The molecule has 0 saturated heterocycles. The Morgan fingerprint density at radius 3 is 2.43 bits per heavy atom. The van der Waals surface area contributed by atoms with Crippen LogP contribution in [0, 0.1) is 5.92 Å². The maximum atomic E-state index is 11.4. The molecule has 0 radical (unpaired) electrons. The van der Waals surface area contributed by atoms with Gasteiger partial charge in [0.05, 0.1) is 12.5 Å². The minimum Gasteiger partial charge on any atom is -0.463 e. The molecule has 0 bridgehead atoms. The van der Waals surface area contributed by atoms with Crippen molar-refractivity contribution in [2.24, 2.45) is 5.92 Å². The molecular formula is C11H22O3. The van der Waals surface area contributed by atoms with Gasteiger partial charge in [0.25, 0.3) is 0 Å². The zero-order valence-corrected chi connectivity index (χ0v) is 9.54. The molecule has 0 spiro atoms. The van der Waals surface area contributed by atoms with E-state index in [0.29, 0.717) is 19.8 Å². The van der Waals surface area contributed by atoms with Crippen LogP contribution in [-0.2, 0) is 14.3 Å². The van der Waals surface area contributed by atoms with Gasteiger partial charge in [-0.15, -0.1) is 0 Å². The molecule has 0 aliphatic carbocycles. The van der Waals surface area contributed by atoms with E-state index >= 15 is 0 Å². The van der Waals surface area contributed by atoms with Gasteiger partial charge >= 0.3 is 5.97 Å². The predicted octanol–water partition coefficient (Wildman–Crippen LogP) is 2.39. The lowest BCUT2D eigenvalue weighted by atomic mass is 10.0. The zero-order valence-electron chi connectivity index (χ0n) is 9.54. The summed E-state index contributed by atoms with van der Waals surface area (Å²) in [6, 6.07) is 0. The monoisotopic (exact) mass is 202 g/mol. The van der Waals surface area contributed by atoms with Gasteiger partial charge in [0.15, 0.2) is 0 Å². The van der Waals surface area contributed by atoms with Crippen LogP contribution < -0.4 is 0 Å². The van der Waals surface area contributed by atoms with Crippen LogP contribution in [0.4, 0.5) is 0 Å². The molecule has 0 aliphatic heterocycles. The van der Waals surface area contributed by atoms with Crippen LogP contribution in [0.15, 0.2) is 0 Å². The summed E-state index contributed by atoms with van der Waals surface area (Å²) in [6.45, 7) is 7.58. The molecule has 84 valence electrons. The summed E-state index contributed by atoms with van der Waals surface area (Å²) in [4.78, 5) is 11.4. The highest BCUT2D eigenvalue weighted by molar-refractivity contribution is 5.72. The number of ether oxygens (including phenoxy) is 2. The van der Waals surface area contributed by atoms with Crippen molar-refractivity contribution in [2.75, 3.05) is 19.8 Å². The van der Waals surface area contributed by atoms with Crippen LogP contribution in [0.2, 0.25) is 0 Å². The van der Waals surface area contributed by atoms with E-state index in [2.05, 4.69) is 6.92 Å². The van der Waals surface area contributed by atoms with Crippen LogP contribution in [0.5, 0.6) is 0 Å². The number of rotatable bonds is 8. The summed E-state index contributed by atoms with van der Waals surface area (Å²) in [5.74, 6) is -0.00400. The Kier molecular flexibility index (Phi) is 8.64. The summed E-state index contributed by atoms with van der Waals surface area (Å²) in [5.41, 5.74) is 0. The first-order chi connectivity index (χ1) is 6.76. The van der Waals surface area contributed by atoms with E-state index in [-0.39, 0.29) is 11.9 Å². The van der Waals surface area contributed by atoms with Crippen molar-refractivity contribution < 1.29 is 14.3 Å². The Morgan fingerprint density at radius 2 is 1.93 bits per heavy atom. The molecule has 0 rings (SSSR count). The largest absolute Gasteiger partial charge is 0.463 e. The first kappa shape index (κ1) is 13.4. The van der Waals surface area contributed by atoms with E-state index in [0.717, 1.165) is 19.3 Å². The van der Waals surface area contributed by atoms with Gasteiger partial charge in [-0.05, 0) is 19.8 Å². The van der Waals surface area contributed by atoms with E-state index in [4.69, 9.17) is 9.47 Å². The highest BCUT2D eigenvalue weighted by Crippen LogP contribution is 2.12. The minimum atomic E-state index is -0.0750. The lowest BCUT2D eigenvalue weighted by Gasteiger charge is -2.12. The Hall–Kier alpha value is -0.570. The Balaban J connectivity index is 3.58. The second-order valence-electron chi connectivity index (χ2n) is 3.26. The van der Waals surface area contributed by atoms with Gasteiger partial charge < -0.3 is 9.47 Å². The van der Waals surface area contributed by atoms with Crippen LogP contribution in [-0.4, -0.2) is 25.8 Å². The van der Waals surface area contributed by atoms with Crippen molar-refractivity contribution in [3.8, 4) is 0 Å². The summed E-state index contributed by atoms with van der Waals surface area (Å²) in [6.07, 6.45) is 2.81. The molecule has 0 fully saturated rings. The number of hydrogen-bond acceptors (Lipinski definition) is 3. The molecule has 1 unspecified atom stereocenters. The van der Waals surface area contributed by atoms with Gasteiger partial charge in [-0.3, -0.25) is 4.79 Å². The Bertz CT molecular complexity index is 145. The maximum Gasteiger partial charge on any atom is 0.308 e. The third kappa shape index (κ3) is 5.97. The van der Waals surface area contributed by atoms with Crippen LogP contribution in [0.1, 0.15) is 40.0 Å². The normalized spacial score (nSPS) is 12.5. The molecule has 0 aromatic carbocycles. The standard InChI is InChI=1S/C11H22O3/c1-4-7-10(5-2)11(12)14-9-8-13-6-3/h10H,4-9H2,1-3H3. The van der Waals surface area contributed by atoms with Gasteiger partial charge in [0.2, 0.25) is 0 Å². The predicted molar refractivity (Wildman–Crippen MR) is 56.1 cm³/mol. The third-order valence-electron chi connectivity index (χ3n) is 2.14. The average Bonchev–Trinajstić information content (AvgIpc) is 2.20. The summed E-state index contributed by atoms with van der Waals surface area (Å²) >= 11 is 0. The fraction of sp³-hybridized carbons (Fsp3) is 0.909. The van der Waals surface area contributed by atoms with E-state index in [1.165, 1.54) is 0 Å². The van der Waals surface area contributed by atoms with Gasteiger partial charge in [-0.25, -0.2) is 0 Å². The smallest absolute Gasteiger partial charge is 0.308 e. The van der Waals surface area contributed by atoms with Crippen molar-refractivity contribution in [1.82, 2.24) is 0 Å². The second-order valence-corrected chi connectivity index (χ2v) is 3.26. The topological polar surface area (TPSA) is 35.5 Å². The summed E-state index contributed by atoms with van der Waals surface area (Å²) in [7, 11) is 0. The van der Waals surface area contributed by atoms with Crippen molar-refractivity contribution >= 4 is 5.97 Å². The quantitative estimate of drug-likeness (QED) is 0.448. The van der Waals surface area contributed by atoms with Gasteiger partial charge in [0, 0.05) is 6.61 Å². The number of carbonyl (C=O) groups excluding carboxylic acids is 1. The Labute approximate surface area is 86.8 Å². The van der Waals surface area contributed by atoms with Crippen LogP contribution in [0.3, 0.4) is 0 Å². The third-order valence-corrected chi connectivity index (χ3v) is 2.14. The molecule has 0 aliphatic rings. The zero-order chi connectivity index (χ0) is 10.8. The lowest BCUT2D eigenvalue weighted by Crippen LogP contribution is -2.19. The fourth-order valence-corrected chi connectivity index (χ4v) is 1.30. The lowest BCUT2D eigenvalue weighted by molar-refractivity contribution is -0.150. The molecule has 3 nitrogen and oxygen atoms in total. The SMILES string of the molecule is CCCC(CC)C(=O)OCCOCC. The molecule has 14 heavy (non-hydrogen) atoms. The van der Waals surface area contributed by atoms with E-state index in [9.17, 15) is 4.79 Å². The van der Waals surface area contributed by atoms with E-state index in [1.807, 2.05) is 13.8 Å². The maximum absolute atomic E-state index is 11.4. The molecule has 1 atom stereocenters. The molecule has 3 heteroatoms. The van der Waals surface area contributed by atoms with E-state index < -0.39 is 0 Å². The molecular weight excluding hydrogens is 180 g/mol. The summed E-state index contributed by atoms with van der Waals surface area (Å²) < 4.78 is 10.2. The average molecular weight is 202 g/mol. The number of esters is 1. The molecule has 0 heterocycles. The van der Waals surface area contributed by atoms with Crippen LogP contribution >= 0.6 is 0 Å². The summed E-state index contributed by atoms with van der Waals surface area (Å²) in [5, 5.41) is 0. The first-order valence-corrected chi connectivity index (χ1v) is 5.50. The van der Waals surface area contributed by atoms with Crippen molar-refractivity contribution in [2.45, 2.75) is 40.0 Å². The second kappa shape index (κ2) is 9.00. The Morgan fingerprint density at radius 1 is 1.21 bits per heavy atom. The number of carbonyl (C=O) groups is 1. The molecule has 0 aromatic rings. The van der Waals surface area contributed by atoms with E-state index in [1.54, 1.807) is 0 Å². The molecule has 0 N–H and O–H groups in total. The van der Waals surface area contributed by atoms with Crippen molar-refractivity contribution in [3.63, 3.8) is 0 Å². The highest BCUT2D eigenvalue weighted by atomic mass is 16.6. The first-order valence-electron chi connectivity index (χ1n) is 5.50. The highest BCUT2D eigenvalue weighted by Gasteiger charge is 2.16. The van der Waals surface area contributed by atoms with Crippen molar-refractivity contribution in [3.05, 3.63) is 0 Å². The molecule has 0 amide bonds. The van der Waals surface area contributed by atoms with Gasteiger partial charge in [-0.2, -0.15) is 0 Å². The fourth-order valence-electron chi connectivity index (χ4n) is 1.30. The number of hydrogen-bond donors (Lipinski definition) is 0. The molecule has 0 saturated carbocycles. The minimum absolute atomic E-state index is 0.0710.